The summed E-state index contributed by atoms with van der Waals surface area (Å²) in [5.74, 6) is 2.26. The Hall–Kier alpha value is -8.54. The van der Waals surface area contributed by atoms with E-state index in [0.717, 1.165) is 60.8 Å². The van der Waals surface area contributed by atoms with Crippen molar-refractivity contribution in [2.24, 2.45) is 11.8 Å². The van der Waals surface area contributed by atoms with E-state index in [1.165, 1.54) is 0 Å². The van der Waals surface area contributed by atoms with Crippen molar-refractivity contribution >= 4 is 57.2 Å². The standard InChI is InChI=1S/2C26H25N5O4/c2*1-2-34-26(33)18-6-5-15-31(16-18)24-25(28-14-13-27-24)35-19-11-9-17(10-12-19)22(32)23-29-20-7-3-4-8-21(20)30-23/h2*3-4,7-14,18H,2,5-6,15-16H2,1H3,(H,29,30)/t2*18-/m10/s1. The monoisotopic (exact) mass is 942 g/mol. The summed E-state index contributed by atoms with van der Waals surface area (Å²) in [5.41, 5.74) is 4.10. The Labute approximate surface area is 402 Å². The van der Waals surface area contributed by atoms with Gasteiger partial charge < -0.3 is 38.7 Å². The zero-order valence-electron chi connectivity index (χ0n) is 38.6. The van der Waals surface area contributed by atoms with E-state index in [4.69, 9.17) is 18.9 Å². The van der Waals surface area contributed by atoms with Gasteiger partial charge in [-0.15, -0.1) is 0 Å². The summed E-state index contributed by atoms with van der Waals surface area (Å²) in [5, 5.41) is 0. The Morgan fingerprint density at radius 2 is 0.943 bits per heavy atom. The Balaban J connectivity index is 0.000000174. The van der Waals surface area contributed by atoms with E-state index >= 15 is 0 Å². The van der Waals surface area contributed by atoms with Crippen molar-refractivity contribution in [3.63, 3.8) is 0 Å². The third-order valence-electron chi connectivity index (χ3n) is 11.8. The molecule has 4 aromatic carbocycles. The lowest BCUT2D eigenvalue weighted by Gasteiger charge is -2.32. The maximum Gasteiger partial charge on any atom is 0.310 e. The number of H-pyrrole nitrogens is 2. The van der Waals surface area contributed by atoms with Crippen molar-refractivity contribution < 1.29 is 38.1 Å². The van der Waals surface area contributed by atoms with Crippen molar-refractivity contribution in [3.05, 3.63) is 145 Å². The van der Waals surface area contributed by atoms with Gasteiger partial charge in [0.1, 0.15) is 11.5 Å². The molecular formula is C52H50N10O8. The molecule has 8 aromatic rings. The number of nitrogens with zero attached hydrogens (tertiary/aromatic N) is 8. The molecular weight excluding hydrogens is 893 g/mol. The number of imidazole rings is 2. The Kier molecular flexibility index (Phi) is 14.4. The van der Waals surface area contributed by atoms with Crippen LogP contribution in [0.5, 0.6) is 23.3 Å². The van der Waals surface area contributed by atoms with Gasteiger partial charge in [-0.05, 0) is 112 Å². The van der Waals surface area contributed by atoms with Crippen molar-refractivity contribution in [1.29, 1.82) is 0 Å². The lowest BCUT2D eigenvalue weighted by molar-refractivity contribution is -0.149. The Morgan fingerprint density at radius 1 is 0.543 bits per heavy atom. The lowest BCUT2D eigenvalue weighted by atomic mass is 9.98. The van der Waals surface area contributed by atoms with Gasteiger partial charge in [0.05, 0.1) is 47.1 Å². The molecule has 2 N–H and O–H groups in total. The maximum atomic E-state index is 12.9. The van der Waals surface area contributed by atoms with E-state index in [2.05, 4.69) is 39.9 Å². The van der Waals surface area contributed by atoms with E-state index in [-0.39, 0.29) is 47.0 Å². The highest BCUT2D eigenvalue weighted by molar-refractivity contribution is 6.08. The summed E-state index contributed by atoms with van der Waals surface area (Å²) in [6.07, 6.45) is 9.59. The second-order valence-electron chi connectivity index (χ2n) is 16.6. The zero-order valence-corrected chi connectivity index (χ0v) is 38.6. The normalized spacial score (nSPS) is 15.7. The molecule has 2 saturated heterocycles. The summed E-state index contributed by atoms with van der Waals surface area (Å²) in [6.45, 7) is 6.84. The molecule has 4 aromatic heterocycles. The number of hydrogen-bond donors (Lipinski definition) is 2. The number of rotatable bonds is 14. The highest BCUT2D eigenvalue weighted by Gasteiger charge is 2.31. The van der Waals surface area contributed by atoms with Crippen molar-refractivity contribution in [3.8, 4) is 23.3 Å². The highest BCUT2D eigenvalue weighted by Crippen LogP contribution is 2.33. The summed E-state index contributed by atoms with van der Waals surface area (Å²) < 4.78 is 22.5. The molecule has 0 bridgehead atoms. The molecule has 0 spiro atoms. The molecule has 2 atom stereocenters. The Bertz CT molecular complexity index is 2850. The number of ether oxygens (including phenoxy) is 4. The van der Waals surface area contributed by atoms with Crippen LogP contribution in [0.1, 0.15) is 71.9 Å². The van der Waals surface area contributed by atoms with Gasteiger partial charge in [0.15, 0.2) is 23.3 Å². The number of ketones is 2. The van der Waals surface area contributed by atoms with Crippen LogP contribution in [0, 0.1) is 11.8 Å². The van der Waals surface area contributed by atoms with Crippen LogP contribution in [-0.4, -0.2) is 103 Å². The number of aromatic amines is 2. The molecule has 6 heterocycles. The highest BCUT2D eigenvalue weighted by atomic mass is 16.5. The fourth-order valence-corrected chi connectivity index (χ4v) is 8.42. The van der Waals surface area contributed by atoms with Crippen molar-refractivity contribution in [1.82, 2.24) is 39.9 Å². The van der Waals surface area contributed by atoms with E-state index in [9.17, 15) is 19.2 Å². The van der Waals surface area contributed by atoms with Gasteiger partial charge in [-0.1, -0.05) is 24.3 Å². The van der Waals surface area contributed by atoms with Crippen LogP contribution in [0.15, 0.2) is 122 Å². The molecule has 356 valence electrons. The predicted octanol–water partition coefficient (Wildman–Crippen LogP) is 8.31. The first-order valence-electron chi connectivity index (χ1n) is 23.2. The summed E-state index contributed by atoms with van der Waals surface area (Å²) in [4.78, 5) is 86.8. The van der Waals surface area contributed by atoms with E-state index in [0.29, 0.717) is 72.3 Å². The quantitative estimate of drug-likeness (QED) is 0.0773. The predicted molar refractivity (Wildman–Crippen MR) is 259 cm³/mol. The fraction of sp³-hybridized carbons (Fsp3) is 0.269. The number of esters is 2. The van der Waals surface area contributed by atoms with Gasteiger partial charge in [-0.2, -0.15) is 0 Å². The van der Waals surface area contributed by atoms with Gasteiger partial charge in [-0.25, -0.2) is 29.9 Å². The van der Waals surface area contributed by atoms with Gasteiger partial charge in [0.2, 0.25) is 11.6 Å². The minimum absolute atomic E-state index is 0.187. The number of benzene rings is 4. The van der Waals surface area contributed by atoms with Crippen LogP contribution in [0.2, 0.25) is 0 Å². The van der Waals surface area contributed by atoms with E-state index in [1.807, 2.05) is 72.2 Å². The summed E-state index contributed by atoms with van der Waals surface area (Å²) in [7, 11) is 0. The average Bonchev–Trinajstić information content (AvgIpc) is 4.05. The first kappa shape index (κ1) is 46.6. The van der Waals surface area contributed by atoms with Gasteiger partial charge in [-0.3, -0.25) is 19.2 Å². The van der Waals surface area contributed by atoms with Gasteiger partial charge >= 0.3 is 11.9 Å². The molecule has 2 aliphatic rings. The Morgan fingerprint density at radius 3 is 1.34 bits per heavy atom. The lowest BCUT2D eigenvalue weighted by Crippen LogP contribution is -2.40. The van der Waals surface area contributed by atoms with E-state index in [1.54, 1.807) is 73.3 Å². The molecule has 2 aliphatic heterocycles. The maximum absolute atomic E-state index is 12.9. The third kappa shape index (κ3) is 10.8. The molecule has 0 amide bonds. The number of piperidine rings is 2. The SMILES string of the molecule is CCOC(=O)[C@@H]1CCCN(c2nccnc2Oc2ccc(C(=O)c3nc4ccccc4[nH]3)cc2)C1.CCOC(=O)[C@H]1CCCN(c2nccnc2Oc2ccc(C(=O)c3nc4ccccc4[nH]3)cc2)C1. The van der Waals surface area contributed by atoms with Crippen LogP contribution in [0.3, 0.4) is 0 Å². The smallest absolute Gasteiger partial charge is 0.310 e. The second-order valence-corrected chi connectivity index (χ2v) is 16.6. The molecule has 0 aliphatic carbocycles. The van der Waals surface area contributed by atoms with Crippen LogP contribution >= 0.6 is 0 Å². The first-order chi connectivity index (χ1) is 34.2. The van der Waals surface area contributed by atoms with Crippen LogP contribution in [-0.2, 0) is 19.1 Å². The van der Waals surface area contributed by atoms with Crippen LogP contribution in [0.4, 0.5) is 11.6 Å². The summed E-state index contributed by atoms with van der Waals surface area (Å²) >= 11 is 0. The number of anilines is 2. The summed E-state index contributed by atoms with van der Waals surface area (Å²) in [6, 6.07) is 28.6. The molecule has 10 rings (SSSR count). The number of aromatic nitrogens is 8. The number of para-hydroxylation sites is 4. The first-order valence-corrected chi connectivity index (χ1v) is 23.2. The molecule has 18 nitrogen and oxygen atoms in total. The van der Waals surface area contributed by atoms with E-state index < -0.39 is 0 Å². The molecule has 2 fully saturated rings. The molecule has 0 radical (unpaired) electrons. The molecule has 70 heavy (non-hydrogen) atoms. The second kappa shape index (κ2) is 21.6. The number of nitrogens with one attached hydrogen (secondary N) is 2. The third-order valence-corrected chi connectivity index (χ3v) is 11.8. The molecule has 0 saturated carbocycles. The minimum atomic E-state index is -0.206. The number of carbonyl (C=O) groups excluding carboxylic acids is 4. The van der Waals surface area contributed by atoms with Crippen molar-refractivity contribution in [2.75, 3.05) is 49.2 Å². The zero-order chi connectivity index (χ0) is 48.4. The molecule has 0 unspecified atom stereocenters. The average molecular weight is 943 g/mol. The van der Waals surface area contributed by atoms with Gasteiger partial charge in [0.25, 0.3) is 11.8 Å². The number of hydrogen-bond acceptors (Lipinski definition) is 16. The van der Waals surface area contributed by atoms with Gasteiger partial charge in [0, 0.05) is 62.1 Å². The molecule has 18 heteroatoms. The minimum Gasteiger partial charge on any atom is -0.466 e. The fourth-order valence-electron chi connectivity index (χ4n) is 8.42. The van der Waals surface area contributed by atoms with Crippen molar-refractivity contribution in [2.45, 2.75) is 39.5 Å². The number of fused-ring (bicyclic) bond motifs is 2. The number of carbonyl (C=O) groups is 4. The largest absolute Gasteiger partial charge is 0.466 e. The van der Waals surface area contributed by atoms with Crippen LogP contribution in [0.25, 0.3) is 22.1 Å². The van der Waals surface area contributed by atoms with Crippen LogP contribution < -0.4 is 19.3 Å². The topological polar surface area (TPSA) is 221 Å².